The van der Waals surface area contributed by atoms with E-state index in [-0.39, 0.29) is 34.4 Å². The van der Waals surface area contributed by atoms with Gasteiger partial charge in [0.05, 0.1) is 6.61 Å². The number of epoxide rings is 1. The van der Waals surface area contributed by atoms with E-state index in [2.05, 4.69) is 6.92 Å². The van der Waals surface area contributed by atoms with Gasteiger partial charge in [-0.3, -0.25) is 0 Å². The third kappa shape index (κ3) is 5.42. The van der Waals surface area contributed by atoms with Gasteiger partial charge < -0.3 is 9.47 Å². The number of alkyl halides is 2. The second kappa shape index (κ2) is 10.3. The van der Waals surface area contributed by atoms with Crippen LogP contribution < -0.4 is 4.74 Å². The van der Waals surface area contributed by atoms with Gasteiger partial charge in [-0.1, -0.05) is 62.2 Å². The van der Waals surface area contributed by atoms with E-state index in [1.165, 1.54) is 24.3 Å². The highest BCUT2D eigenvalue weighted by Crippen LogP contribution is 2.39. The molecule has 1 aliphatic heterocycles. The number of rotatable bonds is 8. The lowest BCUT2D eigenvalue weighted by Crippen LogP contribution is -2.29. The Morgan fingerprint density at radius 1 is 0.919 bits per heavy atom. The van der Waals surface area contributed by atoms with Gasteiger partial charge in [-0.05, 0) is 48.4 Å². The normalized spacial score (nSPS) is 19.5. The molecule has 0 radical (unpaired) electrons. The van der Waals surface area contributed by atoms with E-state index >= 15 is 0 Å². The van der Waals surface area contributed by atoms with Gasteiger partial charge in [0, 0.05) is 28.3 Å². The lowest BCUT2D eigenvalue weighted by molar-refractivity contribution is -0.145. The highest BCUT2D eigenvalue weighted by molar-refractivity contribution is 5.71. The van der Waals surface area contributed by atoms with E-state index < -0.39 is 29.7 Å². The molecule has 0 aromatic heterocycles. The molecule has 7 heteroatoms. The minimum atomic E-state index is -3.51. The molecule has 2 nitrogen and oxygen atoms in total. The summed E-state index contributed by atoms with van der Waals surface area (Å²) in [5.41, 5.74) is 1.26. The maximum Gasteiger partial charge on any atom is 0.422 e. The van der Waals surface area contributed by atoms with Crippen molar-refractivity contribution in [2.45, 2.75) is 51.2 Å². The van der Waals surface area contributed by atoms with Crippen LogP contribution in [-0.2, 0) is 4.74 Å². The second-order valence-corrected chi connectivity index (χ2v) is 9.65. The molecular weight excluding hydrogens is 487 g/mol. The van der Waals surface area contributed by atoms with Gasteiger partial charge in [0.15, 0.2) is 11.6 Å². The van der Waals surface area contributed by atoms with Crippen molar-refractivity contribution in [3.05, 3.63) is 89.3 Å². The van der Waals surface area contributed by atoms with Crippen molar-refractivity contribution in [3.8, 4) is 28.0 Å². The molecule has 1 fully saturated rings. The zero-order valence-corrected chi connectivity index (χ0v) is 20.4. The van der Waals surface area contributed by atoms with Crippen molar-refractivity contribution in [3.63, 3.8) is 0 Å². The number of ether oxygens (including phenoxy) is 2. The zero-order valence-electron chi connectivity index (χ0n) is 20.4. The molecule has 3 aromatic carbocycles. The van der Waals surface area contributed by atoms with Crippen molar-refractivity contribution in [1.82, 2.24) is 0 Å². The first-order valence-corrected chi connectivity index (χ1v) is 12.5. The number of allylic oxidation sites excluding steroid dienone is 1. The molecule has 0 N–H and O–H groups in total. The van der Waals surface area contributed by atoms with Crippen LogP contribution in [0, 0.1) is 23.4 Å². The fourth-order valence-corrected chi connectivity index (χ4v) is 4.92. The van der Waals surface area contributed by atoms with E-state index in [1.54, 1.807) is 30.3 Å². The van der Waals surface area contributed by atoms with Crippen molar-refractivity contribution >= 4 is 0 Å². The standard InChI is InChI=1S/C30H27F5O2/c1-2-3-18-4-10-21(11-5-18)30(34,35)37-22-12-13-23(26(31)16-22)19-6-8-20(9-7-19)24-14-15-25(27-17-36-27)29(33)28(24)32/h6-10,12-16,18,27H,2-5,11,17H2,1H3. The van der Waals surface area contributed by atoms with Gasteiger partial charge in [0.1, 0.15) is 17.7 Å². The maximum absolute atomic E-state index is 14.9. The van der Waals surface area contributed by atoms with Crippen molar-refractivity contribution in [2.24, 2.45) is 5.92 Å². The number of halogens is 5. The third-order valence-electron chi connectivity index (χ3n) is 7.08. The van der Waals surface area contributed by atoms with Crippen LogP contribution >= 0.6 is 0 Å². The molecule has 194 valence electrons. The third-order valence-corrected chi connectivity index (χ3v) is 7.08. The molecule has 0 amide bonds. The molecule has 0 spiro atoms. The Balaban J connectivity index is 1.31. The van der Waals surface area contributed by atoms with Crippen LogP contribution in [0.25, 0.3) is 22.3 Å². The Hall–Kier alpha value is -3.19. The van der Waals surface area contributed by atoms with Crippen LogP contribution in [0.15, 0.2) is 66.2 Å². The van der Waals surface area contributed by atoms with E-state index in [4.69, 9.17) is 9.47 Å². The minimum absolute atomic E-state index is 0.0683. The average molecular weight is 515 g/mol. The summed E-state index contributed by atoms with van der Waals surface area (Å²) in [6.07, 6.45) is 1.22. The van der Waals surface area contributed by atoms with Gasteiger partial charge in [0.2, 0.25) is 0 Å². The van der Waals surface area contributed by atoms with Crippen LogP contribution in [0.3, 0.4) is 0 Å². The lowest BCUT2D eigenvalue weighted by Gasteiger charge is -2.27. The SMILES string of the molecule is CCCC1CC=C(C(F)(F)Oc2ccc(-c3ccc(-c4ccc(C5CO5)c(F)c4F)cc3)c(F)c2)CC1. The van der Waals surface area contributed by atoms with Crippen molar-refractivity contribution in [1.29, 1.82) is 0 Å². The first-order valence-electron chi connectivity index (χ1n) is 12.5. The summed E-state index contributed by atoms with van der Waals surface area (Å²) < 4.78 is 83.3. The Kier molecular flexibility index (Phi) is 7.08. The first-order chi connectivity index (χ1) is 17.8. The molecule has 1 heterocycles. The Labute approximate surface area is 212 Å². The number of hydrogen-bond acceptors (Lipinski definition) is 2. The van der Waals surface area contributed by atoms with Gasteiger partial charge >= 0.3 is 6.11 Å². The van der Waals surface area contributed by atoms with Gasteiger partial charge in [-0.15, -0.1) is 0 Å². The van der Waals surface area contributed by atoms with Crippen LogP contribution in [0.2, 0.25) is 0 Å². The van der Waals surface area contributed by atoms with Gasteiger partial charge in [0.25, 0.3) is 0 Å². The van der Waals surface area contributed by atoms with E-state index in [0.717, 1.165) is 18.9 Å². The van der Waals surface area contributed by atoms with Crippen molar-refractivity contribution < 1.29 is 31.4 Å². The van der Waals surface area contributed by atoms with Crippen LogP contribution in [0.1, 0.15) is 50.7 Å². The van der Waals surface area contributed by atoms with Crippen LogP contribution in [-0.4, -0.2) is 12.7 Å². The Morgan fingerprint density at radius 2 is 1.59 bits per heavy atom. The molecule has 0 bridgehead atoms. The summed E-state index contributed by atoms with van der Waals surface area (Å²) in [6, 6.07) is 12.8. The minimum Gasteiger partial charge on any atom is -0.429 e. The van der Waals surface area contributed by atoms with E-state index in [9.17, 15) is 22.0 Å². The summed E-state index contributed by atoms with van der Waals surface area (Å²) in [6.45, 7) is 2.45. The quantitative estimate of drug-likeness (QED) is 0.170. The molecule has 37 heavy (non-hydrogen) atoms. The Bertz CT molecular complexity index is 1310. The first kappa shape index (κ1) is 25.5. The summed E-state index contributed by atoms with van der Waals surface area (Å²) in [5.74, 6) is -2.49. The topological polar surface area (TPSA) is 21.8 Å². The fraction of sp³-hybridized carbons (Fsp3) is 0.333. The average Bonchev–Trinajstić information content (AvgIpc) is 3.72. The summed E-state index contributed by atoms with van der Waals surface area (Å²) >= 11 is 0. The predicted octanol–water partition coefficient (Wildman–Crippen LogP) is 9.01. The molecule has 1 saturated heterocycles. The smallest absolute Gasteiger partial charge is 0.422 e. The monoisotopic (exact) mass is 514 g/mol. The largest absolute Gasteiger partial charge is 0.429 e. The molecule has 2 unspecified atom stereocenters. The second-order valence-electron chi connectivity index (χ2n) is 9.65. The molecular formula is C30H27F5O2. The predicted molar refractivity (Wildman–Crippen MR) is 132 cm³/mol. The van der Waals surface area contributed by atoms with E-state index in [1.807, 2.05) is 0 Å². The van der Waals surface area contributed by atoms with Gasteiger partial charge in [-0.2, -0.15) is 8.78 Å². The maximum atomic E-state index is 14.9. The molecule has 1 aliphatic carbocycles. The molecule has 2 aliphatic rings. The number of benzene rings is 3. The summed E-state index contributed by atoms with van der Waals surface area (Å²) in [4.78, 5) is 0. The highest BCUT2D eigenvalue weighted by atomic mass is 19.3. The highest BCUT2D eigenvalue weighted by Gasteiger charge is 2.38. The van der Waals surface area contributed by atoms with Crippen molar-refractivity contribution in [2.75, 3.05) is 6.61 Å². The summed E-state index contributed by atoms with van der Waals surface area (Å²) in [7, 11) is 0. The van der Waals surface area contributed by atoms with Crippen LogP contribution in [0.4, 0.5) is 22.0 Å². The lowest BCUT2D eigenvalue weighted by atomic mass is 9.86. The van der Waals surface area contributed by atoms with Crippen LogP contribution in [0.5, 0.6) is 5.75 Å². The zero-order chi connectivity index (χ0) is 26.2. The molecule has 3 aromatic rings. The van der Waals surface area contributed by atoms with Gasteiger partial charge in [-0.25, -0.2) is 13.2 Å². The number of hydrogen-bond donors (Lipinski definition) is 0. The fourth-order valence-electron chi connectivity index (χ4n) is 4.92. The summed E-state index contributed by atoms with van der Waals surface area (Å²) in [5, 5.41) is 0. The molecule has 0 saturated carbocycles. The molecule has 2 atom stereocenters. The van der Waals surface area contributed by atoms with E-state index in [0.29, 0.717) is 36.5 Å². The Morgan fingerprint density at radius 3 is 2.19 bits per heavy atom. The molecule has 5 rings (SSSR count).